The Morgan fingerprint density at radius 1 is 1.18 bits per heavy atom. The van der Waals surface area contributed by atoms with Crippen molar-refractivity contribution in [3.63, 3.8) is 0 Å². The fourth-order valence-corrected chi connectivity index (χ4v) is 8.27. The van der Waals surface area contributed by atoms with Gasteiger partial charge in [-0.25, -0.2) is 13.2 Å². The summed E-state index contributed by atoms with van der Waals surface area (Å²) in [6, 6.07) is 7.07. The van der Waals surface area contributed by atoms with E-state index in [4.69, 9.17) is 4.74 Å². The van der Waals surface area contributed by atoms with E-state index in [1.165, 1.54) is 7.11 Å². The smallest absolute Gasteiger partial charge is 0.340 e. The molecule has 5 rings (SSSR count). The van der Waals surface area contributed by atoms with E-state index in [9.17, 15) is 18.0 Å². The van der Waals surface area contributed by atoms with Gasteiger partial charge in [0.05, 0.1) is 24.9 Å². The van der Waals surface area contributed by atoms with E-state index in [2.05, 4.69) is 16.9 Å². The predicted octanol–water partition coefficient (Wildman–Crippen LogP) is 3.74. The quantitative estimate of drug-likeness (QED) is 0.513. The van der Waals surface area contributed by atoms with Crippen molar-refractivity contribution in [1.82, 2.24) is 4.90 Å². The number of carbonyl (C=O) groups is 2. The van der Waals surface area contributed by atoms with E-state index in [1.807, 2.05) is 24.0 Å². The molecule has 2 heterocycles. The molecule has 3 atom stereocenters. The SMILES string of the molecule is COC(=O)c1c(S(=O)(=O)Nc2ccccc2C)sc2c1CCN(C(=O)[C@H]1C[C@@H]3C=C[C@H]1C3)C2. The monoisotopic (exact) mass is 486 g/mol. The van der Waals surface area contributed by atoms with E-state index in [1.54, 1.807) is 12.1 Å². The topological polar surface area (TPSA) is 92.8 Å². The van der Waals surface area contributed by atoms with Crippen molar-refractivity contribution in [2.24, 2.45) is 17.8 Å². The van der Waals surface area contributed by atoms with Crippen molar-refractivity contribution < 1.29 is 22.7 Å². The Morgan fingerprint density at radius 2 is 1.97 bits per heavy atom. The Hall–Kier alpha value is -2.65. The number of sulfonamides is 1. The second-order valence-corrected chi connectivity index (χ2v) is 12.0. The number of hydrogen-bond acceptors (Lipinski definition) is 6. The molecule has 174 valence electrons. The van der Waals surface area contributed by atoms with E-state index < -0.39 is 16.0 Å². The highest BCUT2D eigenvalue weighted by molar-refractivity contribution is 7.94. The van der Waals surface area contributed by atoms with Crippen LogP contribution < -0.4 is 4.72 Å². The number of nitrogens with one attached hydrogen (secondary N) is 1. The second kappa shape index (κ2) is 8.29. The van der Waals surface area contributed by atoms with Crippen molar-refractivity contribution in [2.75, 3.05) is 18.4 Å². The number of esters is 1. The van der Waals surface area contributed by atoms with Crippen LogP contribution in [0.2, 0.25) is 0 Å². The summed E-state index contributed by atoms with van der Waals surface area (Å²) in [6.45, 7) is 2.60. The minimum Gasteiger partial charge on any atom is -0.465 e. The molecule has 1 aliphatic heterocycles. The van der Waals surface area contributed by atoms with Gasteiger partial charge in [-0.15, -0.1) is 11.3 Å². The molecule has 1 aromatic carbocycles. The lowest BCUT2D eigenvalue weighted by Crippen LogP contribution is -2.40. The van der Waals surface area contributed by atoms with Crippen LogP contribution in [0.4, 0.5) is 5.69 Å². The van der Waals surface area contributed by atoms with Crippen LogP contribution in [0.1, 0.15) is 39.2 Å². The lowest BCUT2D eigenvalue weighted by molar-refractivity contribution is -0.137. The molecule has 33 heavy (non-hydrogen) atoms. The number of allylic oxidation sites excluding steroid dienone is 2. The summed E-state index contributed by atoms with van der Waals surface area (Å²) in [7, 11) is -2.77. The van der Waals surface area contributed by atoms with Gasteiger partial charge < -0.3 is 9.64 Å². The lowest BCUT2D eigenvalue weighted by Gasteiger charge is -2.31. The number of nitrogens with zero attached hydrogens (tertiary/aromatic N) is 1. The molecule has 0 spiro atoms. The van der Waals surface area contributed by atoms with Gasteiger partial charge in [0, 0.05) is 17.3 Å². The fourth-order valence-electron chi connectivity index (χ4n) is 5.24. The normalized spacial score (nSPS) is 23.5. The molecule has 3 aliphatic rings. The van der Waals surface area contributed by atoms with Gasteiger partial charge in [0.1, 0.15) is 0 Å². The molecule has 1 aromatic heterocycles. The number of rotatable bonds is 5. The van der Waals surface area contributed by atoms with Crippen molar-refractivity contribution in [2.45, 2.75) is 36.9 Å². The maximum absolute atomic E-state index is 13.3. The highest BCUT2D eigenvalue weighted by Crippen LogP contribution is 2.45. The zero-order valence-electron chi connectivity index (χ0n) is 18.5. The first-order chi connectivity index (χ1) is 15.8. The van der Waals surface area contributed by atoms with E-state index >= 15 is 0 Å². The Morgan fingerprint density at radius 3 is 2.64 bits per heavy atom. The summed E-state index contributed by atoms with van der Waals surface area (Å²) >= 11 is 1.06. The second-order valence-electron chi connectivity index (χ2n) is 8.97. The van der Waals surface area contributed by atoms with Crippen LogP contribution in [0.15, 0.2) is 40.6 Å². The minimum absolute atomic E-state index is 0.00696. The third kappa shape index (κ3) is 3.87. The summed E-state index contributed by atoms with van der Waals surface area (Å²) in [5.41, 5.74) is 2.00. The van der Waals surface area contributed by atoms with Gasteiger partial charge in [0.2, 0.25) is 5.91 Å². The summed E-state index contributed by atoms with van der Waals surface area (Å²) in [5, 5.41) is 0. The summed E-state index contributed by atoms with van der Waals surface area (Å²) in [5.74, 6) is 0.282. The molecule has 1 saturated carbocycles. The average Bonchev–Trinajstić information content (AvgIpc) is 3.53. The number of fused-ring (bicyclic) bond motifs is 3. The van der Waals surface area contributed by atoms with Gasteiger partial charge >= 0.3 is 5.97 Å². The molecule has 9 heteroatoms. The lowest BCUT2D eigenvalue weighted by atomic mass is 9.91. The first kappa shape index (κ1) is 22.2. The summed E-state index contributed by atoms with van der Waals surface area (Å²) in [4.78, 5) is 28.4. The highest BCUT2D eigenvalue weighted by Gasteiger charge is 2.43. The molecule has 2 aromatic rings. The number of thiophene rings is 1. The molecule has 2 aliphatic carbocycles. The van der Waals surface area contributed by atoms with Gasteiger partial charge in [-0.2, -0.15) is 0 Å². The molecule has 0 unspecified atom stereocenters. The van der Waals surface area contributed by atoms with Crippen molar-refractivity contribution >= 4 is 38.9 Å². The van der Waals surface area contributed by atoms with Crippen LogP contribution in [-0.4, -0.2) is 38.8 Å². The molecule has 1 amide bonds. The Labute approximate surface area is 197 Å². The van der Waals surface area contributed by atoms with Gasteiger partial charge in [-0.3, -0.25) is 9.52 Å². The first-order valence-electron chi connectivity index (χ1n) is 11.1. The van der Waals surface area contributed by atoms with E-state index in [0.29, 0.717) is 42.6 Å². The molecular formula is C24H26N2O5S2. The van der Waals surface area contributed by atoms with Crippen LogP contribution >= 0.6 is 11.3 Å². The van der Waals surface area contributed by atoms with Crippen LogP contribution in [0.3, 0.4) is 0 Å². The number of para-hydroxylation sites is 1. The van der Waals surface area contributed by atoms with Gasteiger partial charge in [-0.1, -0.05) is 30.4 Å². The Kier molecular flexibility index (Phi) is 5.56. The molecular weight excluding hydrogens is 460 g/mol. The molecule has 2 bridgehead atoms. The number of carbonyl (C=O) groups excluding carboxylic acids is 2. The van der Waals surface area contributed by atoms with Gasteiger partial charge in [0.25, 0.3) is 10.0 Å². The molecule has 7 nitrogen and oxygen atoms in total. The number of anilines is 1. The fraction of sp³-hybridized carbons (Fsp3) is 0.417. The predicted molar refractivity (Wildman–Crippen MR) is 126 cm³/mol. The summed E-state index contributed by atoms with van der Waals surface area (Å²) < 4.78 is 34.2. The number of aryl methyl sites for hydroxylation is 1. The van der Waals surface area contributed by atoms with Crippen LogP contribution in [-0.2, 0) is 32.5 Å². The first-order valence-corrected chi connectivity index (χ1v) is 13.4. The number of ether oxygens (including phenoxy) is 1. The highest BCUT2D eigenvalue weighted by atomic mass is 32.2. The summed E-state index contributed by atoms with van der Waals surface area (Å²) in [6.07, 6.45) is 6.74. The third-order valence-corrected chi connectivity index (χ3v) is 10.1. The minimum atomic E-state index is -4.02. The average molecular weight is 487 g/mol. The van der Waals surface area contributed by atoms with E-state index in [0.717, 1.165) is 34.6 Å². The van der Waals surface area contributed by atoms with Crippen LogP contribution in [0.25, 0.3) is 0 Å². The zero-order valence-corrected chi connectivity index (χ0v) is 20.2. The molecule has 1 N–H and O–H groups in total. The molecule has 1 fully saturated rings. The van der Waals surface area contributed by atoms with E-state index in [-0.39, 0.29) is 21.6 Å². The van der Waals surface area contributed by atoms with Crippen molar-refractivity contribution in [3.05, 3.63) is 58.0 Å². The maximum atomic E-state index is 13.3. The zero-order chi connectivity index (χ0) is 23.3. The third-order valence-electron chi connectivity index (χ3n) is 6.96. The number of amides is 1. The largest absolute Gasteiger partial charge is 0.465 e. The standard InChI is InChI=1S/C24H26N2O5S2/c1-14-5-3-4-6-19(14)25-33(29,30)24-21(23(28)31-2)17-9-10-26(13-20(17)32-24)22(27)18-12-15-7-8-16(18)11-15/h3-8,15-16,18,25H,9-13H2,1-2H3/t15-,16+,18+/m1/s1. The molecule has 0 saturated heterocycles. The van der Waals surface area contributed by atoms with Crippen molar-refractivity contribution in [1.29, 1.82) is 0 Å². The number of hydrogen-bond donors (Lipinski definition) is 1. The molecule has 0 radical (unpaired) electrons. The number of methoxy groups -OCH3 is 1. The van der Waals surface area contributed by atoms with Crippen molar-refractivity contribution in [3.8, 4) is 0 Å². The maximum Gasteiger partial charge on any atom is 0.340 e. The Bertz CT molecular complexity index is 1260. The van der Waals surface area contributed by atoms with Crippen LogP contribution in [0.5, 0.6) is 0 Å². The van der Waals surface area contributed by atoms with Crippen LogP contribution in [0, 0.1) is 24.7 Å². The van der Waals surface area contributed by atoms with Gasteiger partial charge in [0.15, 0.2) is 4.21 Å². The van der Waals surface area contributed by atoms with Gasteiger partial charge in [-0.05, 0) is 55.2 Å². The number of benzene rings is 1. The Balaban J connectivity index is 1.46.